The van der Waals surface area contributed by atoms with Gasteiger partial charge in [-0.25, -0.2) is 0 Å². The lowest BCUT2D eigenvalue weighted by Crippen LogP contribution is -1.88. The molecule has 1 fully saturated rings. The van der Waals surface area contributed by atoms with Crippen molar-refractivity contribution < 1.29 is 0 Å². The lowest BCUT2D eigenvalue weighted by molar-refractivity contribution is 0.737. The summed E-state index contributed by atoms with van der Waals surface area (Å²) in [4.78, 5) is 0. The molecule has 0 spiro atoms. The Morgan fingerprint density at radius 3 is 2.46 bits per heavy atom. The van der Waals surface area contributed by atoms with E-state index in [4.69, 9.17) is 0 Å². The minimum absolute atomic E-state index is 0.907. The van der Waals surface area contributed by atoms with E-state index in [2.05, 4.69) is 63.6 Å². The number of alkyl halides is 1. The van der Waals surface area contributed by atoms with Crippen LogP contribution in [0.1, 0.15) is 26.2 Å². The highest BCUT2D eigenvalue weighted by atomic mass is 127. The molecule has 0 N–H and O–H groups in total. The van der Waals surface area contributed by atoms with Crippen LogP contribution < -0.4 is 0 Å². The molecule has 0 amide bonds. The number of hydrogen-bond donors (Lipinski definition) is 0. The predicted molar refractivity (Wildman–Crippen MR) is 77.9 cm³/mol. The van der Waals surface area contributed by atoms with Gasteiger partial charge in [-0.15, -0.1) is 11.3 Å². The summed E-state index contributed by atoms with van der Waals surface area (Å²) < 4.78 is 2.26. The Morgan fingerprint density at radius 1 is 1.62 bits per heavy atom. The first kappa shape index (κ1) is 12.2. The molecule has 0 aliphatic heterocycles. The van der Waals surface area contributed by atoms with Crippen LogP contribution in [-0.4, -0.2) is 3.92 Å². The summed E-state index contributed by atoms with van der Waals surface area (Å²) in [6.45, 7) is 2.29. The van der Waals surface area contributed by atoms with E-state index in [0.29, 0.717) is 0 Å². The first-order chi connectivity index (χ1) is 6.18. The van der Waals surface area contributed by atoms with Gasteiger partial charge < -0.3 is 0 Å². The van der Waals surface area contributed by atoms with Gasteiger partial charge in [0.05, 0.1) is 2.88 Å². The first-order valence-corrected chi connectivity index (χ1v) is 7.72. The van der Waals surface area contributed by atoms with Crippen molar-refractivity contribution in [3.8, 4) is 0 Å². The van der Waals surface area contributed by atoms with E-state index < -0.39 is 0 Å². The van der Waals surface area contributed by atoms with Crippen molar-refractivity contribution in [1.29, 1.82) is 0 Å². The van der Waals surface area contributed by atoms with Gasteiger partial charge in [-0.2, -0.15) is 0 Å². The summed E-state index contributed by atoms with van der Waals surface area (Å²) in [6.07, 6.45) is 4.47. The molecule has 1 saturated carbocycles. The topological polar surface area (TPSA) is 0 Å². The standard InChI is InChI=1S/C6H11I.C4H3IS/c1-5(7)4-6-2-3-6;5-4-2-1-3-6-4/h5-6H,2-4H2,1H3;1-3H. The molecule has 0 radical (unpaired) electrons. The van der Waals surface area contributed by atoms with Crippen molar-refractivity contribution in [2.45, 2.75) is 30.1 Å². The van der Waals surface area contributed by atoms with Crippen LogP contribution in [0.15, 0.2) is 17.5 Å². The maximum atomic E-state index is 2.50. The molecule has 0 bridgehead atoms. The third-order valence-corrected chi connectivity index (χ3v) is 4.13. The smallest absolute Gasteiger partial charge is 0.0653 e. The van der Waals surface area contributed by atoms with Crippen molar-refractivity contribution >= 4 is 56.5 Å². The average Bonchev–Trinajstić information content (AvgIpc) is 2.71. The summed E-state index contributed by atoms with van der Waals surface area (Å²) in [5.74, 6) is 1.12. The highest BCUT2D eigenvalue weighted by molar-refractivity contribution is 14.1. The largest absolute Gasteiger partial charge is 0.138 e. The highest BCUT2D eigenvalue weighted by Crippen LogP contribution is 2.34. The normalized spacial score (nSPS) is 17.5. The SMILES string of the molecule is CC(I)CC1CC1.Ic1cccs1. The Bertz CT molecular complexity index is 215. The number of rotatable bonds is 2. The zero-order valence-electron chi connectivity index (χ0n) is 7.67. The van der Waals surface area contributed by atoms with Crippen LogP contribution in [0.2, 0.25) is 0 Å². The summed E-state index contributed by atoms with van der Waals surface area (Å²) in [6, 6.07) is 4.14. The Hall–Kier alpha value is 1.16. The van der Waals surface area contributed by atoms with Crippen LogP contribution in [0, 0.1) is 8.80 Å². The molecular weight excluding hydrogens is 406 g/mol. The predicted octanol–water partition coefficient (Wildman–Crippen LogP) is 4.96. The van der Waals surface area contributed by atoms with Crippen LogP contribution in [0.25, 0.3) is 0 Å². The second-order valence-corrected chi connectivity index (χ2v) is 8.35. The Balaban J connectivity index is 0.000000132. The van der Waals surface area contributed by atoms with Crippen LogP contribution in [-0.2, 0) is 0 Å². The summed E-state index contributed by atoms with van der Waals surface area (Å²) in [5, 5.41) is 2.07. The lowest BCUT2D eigenvalue weighted by atomic mass is 10.2. The van der Waals surface area contributed by atoms with Crippen LogP contribution >= 0.6 is 56.5 Å². The number of hydrogen-bond acceptors (Lipinski definition) is 1. The van der Waals surface area contributed by atoms with E-state index >= 15 is 0 Å². The quantitative estimate of drug-likeness (QED) is 0.469. The van der Waals surface area contributed by atoms with E-state index in [1.165, 1.54) is 22.1 Å². The van der Waals surface area contributed by atoms with Crippen molar-refractivity contribution in [3.05, 3.63) is 20.4 Å². The molecule has 1 aliphatic rings. The van der Waals surface area contributed by atoms with Gasteiger partial charge in [0.2, 0.25) is 0 Å². The maximum absolute atomic E-state index is 2.50. The van der Waals surface area contributed by atoms with Gasteiger partial charge in [0.1, 0.15) is 0 Å². The molecule has 0 nitrogen and oxygen atoms in total. The molecule has 13 heavy (non-hydrogen) atoms. The number of halogens is 2. The summed E-state index contributed by atoms with van der Waals surface area (Å²) in [5.41, 5.74) is 0. The molecule has 1 unspecified atom stereocenters. The molecule has 1 aliphatic carbocycles. The van der Waals surface area contributed by atoms with Gasteiger partial charge >= 0.3 is 0 Å². The maximum Gasteiger partial charge on any atom is 0.0653 e. The van der Waals surface area contributed by atoms with E-state index in [1.807, 2.05) is 6.07 Å². The molecule has 0 aromatic carbocycles. The lowest BCUT2D eigenvalue weighted by Gasteiger charge is -1.96. The zero-order valence-corrected chi connectivity index (χ0v) is 12.8. The molecule has 74 valence electrons. The van der Waals surface area contributed by atoms with Crippen molar-refractivity contribution in [2.75, 3.05) is 0 Å². The van der Waals surface area contributed by atoms with Crippen molar-refractivity contribution in [2.24, 2.45) is 5.92 Å². The molecule has 1 atom stereocenters. The highest BCUT2D eigenvalue weighted by Gasteiger charge is 2.21. The van der Waals surface area contributed by atoms with E-state index in [0.717, 1.165) is 9.84 Å². The Morgan fingerprint density at radius 2 is 2.31 bits per heavy atom. The van der Waals surface area contributed by atoms with Crippen LogP contribution in [0.5, 0.6) is 0 Å². The second kappa shape index (κ2) is 6.61. The molecule has 1 aromatic heterocycles. The Labute approximate surface area is 112 Å². The third-order valence-electron chi connectivity index (χ3n) is 1.84. The fourth-order valence-corrected chi connectivity index (χ4v) is 2.88. The van der Waals surface area contributed by atoms with Crippen molar-refractivity contribution in [1.82, 2.24) is 0 Å². The minimum Gasteiger partial charge on any atom is -0.138 e. The zero-order chi connectivity index (χ0) is 9.68. The van der Waals surface area contributed by atoms with Gasteiger partial charge in [0.25, 0.3) is 0 Å². The summed E-state index contributed by atoms with van der Waals surface area (Å²) in [7, 11) is 0. The molecule has 1 aromatic rings. The average molecular weight is 420 g/mol. The van der Waals surface area contributed by atoms with E-state index in [-0.39, 0.29) is 0 Å². The third kappa shape index (κ3) is 7.13. The van der Waals surface area contributed by atoms with E-state index in [9.17, 15) is 0 Å². The molecule has 0 saturated heterocycles. The molecule has 2 rings (SSSR count). The van der Waals surface area contributed by atoms with Gasteiger partial charge in [0.15, 0.2) is 0 Å². The second-order valence-electron chi connectivity index (χ2n) is 3.38. The minimum atomic E-state index is 0.907. The number of thiophene rings is 1. The Kier molecular flexibility index (Phi) is 6.22. The van der Waals surface area contributed by atoms with Gasteiger partial charge in [-0.05, 0) is 46.4 Å². The van der Waals surface area contributed by atoms with Gasteiger partial charge in [-0.1, -0.05) is 48.4 Å². The first-order valence-electron chi connectivity index (χ1n) is 4.51. The molecule has 3 heteroatoms. The van der Waals surface area contributed by atoms with Crippen molar-refractivity contribution in [3.63, 3.8) is 0 Å². The molecular formula is C10H14I2S. The van der Waals surface area contributed by atoms with Gasteiger partial charge in [0, 0.05) is 3.92 Å². The van der Waals surface area contributed by atoms with E-state index in [1.54, 1.807) is 11.3 Å². The monoisotopic (exact) mass is 420 g/mol. The summed E-state index contributed by atoms with van der Waals surface area (Å²) >= 11 is 6.56. The van der Waals surface area contributed by atoms with Crippen LogP contribution in [0.3, 0.4) is 0 Å². The van der Waals surface area contributed by atoms with Gasteiger partial charge in [-0.3, -0.25) is 0 Å². The molecule has 1 heterocycles. The fraction of sp³-hybridized carbons (Fsp3) is 0.600. The van der Waals surface area contributed by atoms with Crippen LogP contribution in [0.4, 0.5) is 0 Å². The fourth-order valence-electron chi connectivity index (χ4n) is 1.07.